The van der Waals surface area contributed by atoms with E-state index in [1.807, 2.05) is 0 Å². The molecule has 2 heteroatoms. The van der Waals surface area contributed by atoms with E-state index in [9.17, 15) is 5.11 Å². The van der Waals surface area contributed by atoms with Gasteiger partial charge in [0.05, 0.1) is 12.1 Å². The number of hydrogen-bond acceptors (Lipinski definition) is 1. The van der Waals surface area contributed by atoms with Crippen molar-refractivity contribution >= 4 is 0 Å². The maximum Gasteiger partial charge on any atom is 0.0811 e. The third-order valence-electron chi connectivity index (χ3n) is 1.80. The van der Waals surface area contributed by atoms with E-state index in [2.05, 4.69) is 27.7 Å². The van der Waals surface area contributed by atoms with Crippen LogP contribution in [-0.2, 0) is 0 Å². The maximum atomic E-state index is 11.1. The Morgan fingerprint density at radius 3 is 1.20 bits per heavy atom. The summed E-state index contributed by atoms with van der Waals surface area (Å²) < 4.78 is 0. The summed E-state index contributed by atoms with van der Waals surface area (Å²) in [7, 11) is 0. The minimum Gasteiger partial charge on any atom is -0.806 e. The third-order valence-corrected chi connectivity index (χ3v) is 1.80. The molecule has 0 spiro atoms. The second-order valence-electron chi connectivity index (χ2n) is 3.45. The topological polar surface area (TPSA) is 27.5 Å². The highest BCUT2D eigenvalue weighted by Gasteiger charge is 2.16. The van der Waals surface area contributed by atoms with Gasteiger partial charge in [0.1, 0.15) is 0 Å². The van der Waals surface area contributed by atoms with Crippen LogP contribution in [0.2, 0.25) is 0 Å². The second kappa shape index (κ2) is 3.94. The average Bonchev–Trinajstić information content (AvgIpc) is 1.59. The molecule has 0 heterocycles. The second-order valence-corrected chi connectivity index (χ2v) is 3.45. The quantitative estimate of drug-likeness (QED) is 0.527. The van der Waals surface area contributed by atoms with E-state index in [-0.39, 0.29) is 0 Å². The molecule has 0 rings (SSSR count). The normalized spacial score (nSPS) is 15.3. The SMILES string of the molecule is CC(C)[NH+](C(C)C)C(C)[O-]. The fourth-order valence-electron chi connectivity index (χ4n) is 1.61. The summed E-state index contributed by atoms with van der Waals surface area (Å²) in [5, 5.41) is 11.1. The molecule has 62 valence electrons. The highest BCUT2D eigenvalue weighted by Crippen LogP contribution is 1.77. The van der Waals surface area contributed by atoms with Crippen LogP contribution in [0, 0.1) is 0 Å². The molecule has 0 fully saturated rings. The van der Waals surface area contributed by atoms with Gasteiger partial charge in [-0.25, -0.2) is 0 Å². The lowest BCUT2D eigenvalue weighted by Crippen LogP contribution is -3.22. The van der Waals surface area contributed by atoms with Gasteiger partial charge in [-0.05, 0) is 34.6 Å². The number of nitrogens with one attached hydrogen (secondary N) is 1. The van der Waals surface area contributed by atoms with Crippen LogP contribution >= 0.6 is 0 Å². The molecule has 2 nitrogen and oxygen atoms in total. The molecule has 1 N–H and O–H groups in total. The molecule has 10 heavy (non-hydrogen) atoms. The Hall–Kier alpha value is -0.0800. The van der Waals surface area contributed by atoms with Crippen LogP contribution in [0.25, 0.3) is 0 Å². The average molecular weight is 145 g/mol. The van der Waals surface area contributed by atoms with Gasteiger partial charge in [0, 0.05) is 6.23 Å². The first-order chi connectivity index (χ1) is 4.46. The molecule has 0 aromatic carbocycles. The van der Waals surface area contributed by atoms with Gasteiger partial charge in [-0.2, -0.15) is 0 Å². The molecule has 0 bridgehead atoms. The zero-order valence-electron chi connectivity index (χ0n) is 7.64. The Morgan fingerprint density at radius 1 is 0.900 bits per heavy atom. The number of hydrogen-bond donors (Lipinski definition) is 1. The van der Waals surface area contributed by atoms with Gasteiger partial charge in [0.2, 0.25) is 0 Å². The highest BCUT2D eigenvalue weighted by atomic mass is 16.3. The van der Waals surface area contributed by atoms with Crippen LogP contribution in [0.3, 0.4) is 0 Å². The van der Waals surface area contributed by atoms with E-state index >= 15 is 0 Å². The number of rotatable bonds is 3. The summed E-state index contributed by atoms with van der Waals surface area (Å²) >= 11 is 0. The van der Waals surface area contributed by atoms with E-state index < -0.39 is 6.23 Å². The van der Waals surface area contributed by atoms with Gasteiger partial charge < -0.3 is 10.0 Å². The summed E-state index contributed by atoms with van der Waals surface area (Å²) in [4.78, 5) is 1.14. The molecule has 0 radical (unpaired) electrons. The van der Waals surface area contributed by atoms with Crippen LogP contribution in [0.15, 0.2) is 0 Å². The van der Waals surface area contributed by atoms with Crippen LogP contribution in [0.5, 0.6) is 0 Å². The minimum absolute atomic E-state index is 0.437. The lowest BCUT2D eigenvalue weighted by molar-refractivity contribution is -1.03. The standard InChI is InChI=1S/C8H18NO/c1-6(2)9(7(3)4)8(5)10/h6-8H,1-5H3/q-1/p+1. The van der Waals surface area contributed by atoms with E-state index in [4.69, 9.17) is 0 Å². The lowest BCUT2D eigenvalue weighted by Gasteiger charge is -2.36. The molecule has 0 aliphatic heterocycles. The monoisotopic (exact) mass is 145 g/mol. The van der Waals surface area contributed by atoms with Gasteiger partial charge in [-0.3, -0.25) is 0 Å². The zero-order valence-corrected chi connectivity index (χ0v) is 7.64. The summed E-state index contributed by atoms with van der Waals surface area (Å²) in [6, 6.07) is 0.875. The molecule has 0 amide bonds. The van der Waals surface area contributed by atoms with Crippen molar-refractivity contribution in [3.05, 3.63) is 0 Å². The summed E-state index contributed by atoms with van der Waals surface area (Å²) in [6.45, 7) is 10.1. The molecular formula is C8H19NO. The smallest absolute Gasteiger partial charge is 0.0811 e. The molecule has 0 aromatic heterocycles. The molecule has 0 saturated heterocycles. The molecule has 1 atom stereocenters. The highest BCUT2D eigenvalue weighted by molar-refractivity contribution is 4.40. The minimum atomic E-state index is -0.500. The Bertz CT molecular complexity index is 70.2. The number of quaternary nitrogens is 1. The van der Waals surface area contributed by atoms with Crippen molar-refractivity contribution in [2.75, 3.05) is 0 Å². The third kappa shape index (κ3) is 2.67. The van der Waals surface area contributed by atoms with Crippen molar-refractivity contribution in [2.45, 2.75) is 52.9 Å². The predicted molar refractivity (Wildman–Crippen MR) is 40.7 cm³/mol. The van der Waals surface area contributed by atoms with Crippen molar-refractivity contribution in [1.29, 1.82) is 0 Å². The van der Waals surface area contributed by atoms with Crippen LogP contribution in [-0.4, -0.2) is 18.3 Å². The Balaban J connectivity index is 3.98. The molecule has 1 unspecified atom stereocenters. The van der Waals surface area contributed by atoms with Gasteiger partial charge in [0.15, 0.2) is 0 Å². The van der Waals surface area contributed by atoms with Crippen molar-refractivity contribution < 1.29 is 10.0 Å². The Kier molecular flexibility index (Phi) is 3.91. The lowest BCUT2D eigenvalue weighted by atomic mass is 10.2. The summed E-state index contributed by atoms with van der Waals surface area (Å²) in [5.74, 6) is 0. The summed E-state index contributed by atoms with van der Waals surface area (Å²) in [6.07, 6.45) is -0.500. The Labute approximate surface area is 63.8 Å². The van der Waals surface area contributed by atoms with E-state index in [0.717, 1.165) is 4.90 Å². The molecule has 0 aliphatic carbocycles. The van der Waals surface area contributed by atoms with Crippen LogP contribution in [0.1, 0.15) is 34.6 Å². The first kappa shape index (κ1) is 9.92. The zero-order chi connectivity index (χ0) is 8.31. The molecular weight excluding hydrogens is 126 g/mol. The molecule has 0 saturated carbocycles. The first-order valence-corrected chi connectivity index (χ1v) is 3.99. The predicted octanol–water partition coefficient (Wildman–Crippen LogP) is -0.606. The maximum absolute atomic E-state index is 11.1. The van der Waals surface area contributed by atoms with E-state index in [1.165, 1.54) is 0 Å². The fourth-order valence-corrected chi connectivity index (χ4v) is 1.61. The van der Waals surface area contributed by atoms with Crippen LogP contribution < -0.4 is 10.0 Å². The van der Waals surface area contributed by atoms with Crippen molar-refractivity contribution in [3.8, 4) is 0 Å². The van der Waals surface area contributed by atoms with Crippen LogP contribution in [0.4, 0.5) is 0 Å². The fraction of sp³-hybridized carbons (Fsp3) is 1.00. The largest absolute Gasteiger partial charge is 0.806 e. The van der Waals surface area contributed by atoms with Gasteiger partial charge >= 0.3 is 0 Å². The summed E-state index contributed by atoms with van der Waals surface area (Å²) in [5.41, 5.74) is 0. The van der Waals surface area contributed by atoms with Gasteiger partial charge in [-0.1, -0.05) is 0 Å². The van der Waals surface area contributed by atoms with E-state index in [0.29, 0.717) is 12.1 Å². The van der Waals surface area contributed by atoms with Crippen molar-refractivity contribution in [2.24, 2.45) is 0 Å². The Morgan fingerprint density at radius 2 is 1.20 bits per heavy atom. The van der Waals surface area contributed by atoms with Gasteiger partial charge in [-0.15, -0.1) is 0 Å². The first-order valence-electron chi connectivity index (χ1n) is 3.99. The van der Waals surface area contributed by atoms with E-state index in [1.54, 1.807) is 6.92 Å². The van der Waals surface area contributed by atoms with Gasteiger partial charge in [0.25, 0.3) is 0 Å². The van der Waals surface area contributed by atoms with Crippen molar-refractivity contribution in [1.82, 2.24) is 0 Å². The molecule has 0 aromatic rings. The molecule has 0 aliphatic rings. The van der Waals surface area contributed by atoms with Crippen molar-refractivity contribution in [3.63, 3.8) is 0 Å².